The molecule has 4 aromatic rings. The first-order valence-corrected chi connectivity index (χ1v) is 8.94. The minimum absolute atomic E-state index is 0.558. The lowest BCUT2D eigenvalue weighted by atomic mass is 10.1. The molecule has 0 fully saturated rings. The highest BCUT2D eigenvalue weighted by atomic mass is 32.2. The van der Waals surface area contributed by atoms with Crippen molar-refractivity contribution in [2.24, 2.45) is 0 Å². The van der Waals surface area contributed by atoms with Crippen LogP contribution < -0.4 is 0 Å². The number of aromatic nitrogens is 5. The van der Waals surface area contributed by atoms with Gasteiger partial charge in [0, 0.05) is 12.5 Å². The molecule has 4 rings (SSSR count). The number of hydrogen-bond donors (Lipinski definition) is 0. The van der Waals surface area contributed by atoms with E-state index in [1.54, 1.807) is 18.7 Å². The van der Waals surface area contributed by atoms with Crippen LogP contribution in [-0.4, -0.2) is 24.8 Å². The lowest BCUT2D eigenvalue weighted by Gasteiger charge is -2.04. The Balaban J connectivity index is 1.81. The van der Waals surface area contributed by atoms with Gasteiger partial charge in [-0.25, -0.2) is 9.50 Å². The fourth-order valence-corrected chi connectivity index (χ4v) is 3.60. The molecule has 0 saturated heterocycles. The van der Waals surface area contributed by atoms with Crippen molar-refractivity contribution in [1.29, 1.82) is 0 Å². The molecule has 0 aliphatic heterocycles. The maximum atomic E-state index is 5.46. The van der Waals surface area contributed by atoms with Gasteiger partial charge in [-0.05, 0) is 25.5 Å². The number of imidazole rings is 1. The molecule has 126 valence electrons. The summed E-state index contributed by atoms with van der Waals surface area (Å²) >= 11 is 1.54. The van der Waals surface area contributed by atoms with Crippen LogP contribution >= 0.6 is 11.8 Å². The van der Waals surface area contributed by atoms with Gasteiger partial charge in [-0.1, -0.05) is 42.1 Å². The maximum Gasteiger partial charge on any atom is 0.226 e. The lowest BCUT2D eigenvalue weighted by molar-refractivity contribution is 0.485. The highest BCUT2D eigenvalue weighted by molar-refractivity contribution is 7.98. The molecule has 0 atom stereocenters. The van der Waals surface area contributed by atoms with E-state index in [1.165, 1.54) is 0 Å². The van der Waals surface area contributed by atoms with Gasteiger partial charge in [0.1, 0.15) is 0 Å². The van der Waals surface area contributed by atoms with Crippen LogP contribution in [0.15, 0.2) is 46.0 Å². The molecule has 0 N–H and O–H groups in total. The van der Waals surface area contributed by atoms with Crippen LogP contribution in [0, 0.1) is 20.8 Å². The van der Waals surface area contributed by atoms with Crippen molar-refractivity contribution in [3.63, 3.8) is 0 Å². The smallest absolute Gasteiger partial charge is 0.226 e. The summed E-state index contributed by atoms with van der Waals surface area (Å²) in [5, 5.41) is 13.4. The van der Waals surface area contributed by atoms with Crippen molar-refractivity contribution in [3.8, 4) is 11.3 Å². The Morgan fingerprint density at radius 2 is 1.88 bits per heavy atom. The Hall–Kier alpha value is -2.67. The van der Waals surface area contributed by atoms with Crippen molar-refractivity contribution in [2.45, 2.75) is 31.7 Å². The van der Waals surface area contributed by atoms with E-state index in [4.69, 9.17) is 9.40 Å². The quantitative estimate of drug-likeness (QED) is 0.518. The third-order valence-corrected chi connectivity index (χ3v) is 4.73. The molecular formula is C18H17N5OS. The largest absolute Gasteiger partial charge is 0.425 e. The van der Waals surface area contributed by atoms with Gasteiger partial charge >= 0.3 is 0 Å². The van der Waals surface area contributed by atoms with Gasteiger partial charge in [-0.2, -0.15) is 5.10 Å². The van der Waals surface area contributed by atoms with Gasteiger partial charge in [0.25, 0.3) is 0 Å². The zero-order valence-electron chi connectivity index (χ0n) is 14.2. The molecule has 0 saturated carbocycles. The predicted molar refractivity (Wildman–Crippen MR) is 96.5 cm³/mol. The summed E-state index contributed by atoms with van der Waals surface area (Å²) in [7, 11) is 0. The summed E-state index contributed by atoms with van der Waals surface area (Å²) in [5.74, 6) is 1.71. The Bertz CT molecular complexity index is 1040. The molecule has 25 heavy (non-hydrogen) atoms. The van der Waals surface area contributed by atoms with Gasteiger partial charge in [0.2, 0.25) is 11.8 Å². The minimum atomic E-state index is 0.558. The zero-order valence-corrected chi connectivity index (χ0v) is 15.0. The fraction of sp³-hybridized carbons (Fsp3) is 0.222. The van der Waals surface area contributed by atoms with E-state index in [-0.39, 0.29) is 0 Å². The summed E-state index contributed by atoms with van der Waals surface area (Å²) in [6, 6.07) is 12.3. The van der Waals surface area contributed by atoms with Crippen molar-refractivity contribution in [3.05, 3.63) is 59.4 Å². The zero-order chi connectivity index (χ0) is 17.4. The number of hydrogen-bond acceptors (Lipinski definition) is 6. The number of rotatable bonds is 4. The Labute approximate surface area is 149 Å². The molecule has 0 unspecified atom stereocenters. The van der Waals surface area contributed by atoms with Crippen molar-refractivity contribution in [1.82, 2.24) is 24.8 Å². The van der Waals surface area contributed by atoms with E-state index in [2.05, 4.69) is 40.4 Å². The Morgan fingerprint density at radius 1 is 1.08 bits per heavy atom. The summed E-state index contributed by atoms with van der Waals surface area (Å²) in [6.07, 6.45) is 0. The van der Waals surface area contributed by atoms with E-state index >= 15 is 0 Å². The molecule has 0 aliphatic rings. The normalized spacial score (nSPS) is 11.3. The average Bonchev–Trinajstić information content (AvgIpc) is 3.17. The second kappa shape index (κ2) is 6.33. The second-order valence-corrected chi connectivity index (χ2v) is 6.78. The third kappa shape index (κ3) is 3.02. The summed E-state index contributed by atoms with van der Waals surface area (Å²) in [4.78, 5) is 4.86. The number of thioether (sulfide) groups is 1. The van der Waals surface area contributed by atoms with Crippen molar-refractivity contribution < 1.29 is 4.42 Å². The number of benzene rings is 1. The van der Waals surface area contributed by atoms with Gasteiger partial charge in [0.05, 0.1) is 22.7 Å². The van der Waals surface area contributed by atoms with Crippen LogP contribution in [0.5, 0.6) is 0 Å². The molecule has 0 spiro atoms. The first kappa shape index (κ1) is 15.8. The van der Waals surface area contributed by atoms with Crippen LogP contribution in [0.25, 0.3) is 16.8 Å². The van der Waals surface area contributed by atoms with Crippen LogP contribution in [0.4, 0.5) is 0 Å². The van der Waals surface area contributed by atoms with Crippen LogP contribution in [0.2, 0.25) is 0 Å². The lowest BCUT2D eigenvalue weighted by Crippen LogP contribution is -1.98. The molecule has 0 bridgehead atoms. The van der Waals surface area contributed by atoms with Gasteiger partial charge in [-0.15, -0.1) is 10.2 Å². The average molecular weight is 351 g/mol. The first-order valence-electron chi connectivity index (χ1n) is 7.96. The van der Waals surface area contributed by atoms with E-state index in [1.807, 2.05) is 29.6 Å². The standard InChI is InChI=1S/C18H17N5OS/c1-11-9-12(2)22-23-17(11)16(14-7-5-4-6-8-14)19-18(23)25-10-15-21-20-13(3)24-15/h4-9H,10H2,1-3H3. The van der Waals surface area contributed by atoms with Crippen LogP contribution in [-0.2, 0) is 5.75 Å². The predicted octanol–water partition coefficient (Wildman–Crippen LogP) is 4.00. The molecular weight excluding hydrogens is 334 g/mol. The van der Waals surface area contributed by atoms with Crippen LogP contribution in [0.1, 0.15) is 23.0 Å². The monoisotopic (exact) mass is 351 g/mol. The molecule has 3 aromatic heterocycles. The highest BCUT2D eigenvalue weighted by Crippen LogP contribution is 2.31. The number of aryl methyl sites for hydroxylation is 3. The fourth-order valence-electron chi connectivity index (χ4n) is 2.82. The minimum Gasteiger partial charge on any atom is -0.425 e. The molecule has 6 nitrogen and oxygen atoms in total. The number of fused-ring (bicyclic) bond motifs is 1. The van der Waals surface area contributed by atoms with Crippen molar-refractivity contribution >= 4 is 17.3 Å². The third-order valence-electron chi connectivity index (χ3n) is 3.82. The van der Waals surface area contributed by atoms with E-state index in [0.717, 1.165) is 33.2 Å². The van der Waals surface area contributed by atoms with Crippen LogP contribution in [0.3, 0.4) is 0 Å². The molecule has 1 aromatic carbocycles. The van der Waals surface area contributed by atoms with E-state index < -0.39 is 0 Å². The molecule has 3 heterocycles. The molecule has 7 heteroatoms. The van der Waals surface area contributed by atoms with E-state index in [0.29, 0.717) is 17.5 Å². The molecule has 0 radical (unpaired) electrons. The van der Waals surface area contributed by atoms with Gasteiger partial charge in [-0.3, -0.25) is 0 Å². The topological polar surface area (TPSA) is 69.1 Å². The summed E-state index contributed by atoms with van der Waals surface area (Å²) in [5.41, 5.74) is 5.15. The highest BCUT2D eigenvalue weighted by Gasteiger charge is 2.17. The number of nitrogens with zero attached hydrogens (tertiary/aromatic N) is 5. The Morgan fingerprint density at radius 3 is 2.60 bits per heavy atom. The summed E-state index contributed by atoms with van der Waals surface area (Å²) < 4.78 is 7.37. The Kier molecular flexibility index (Phi) is 4.01. The molecule has 0 aliphatic carbocycles. The van der Waals surface area contributed by atoms with E-state index in [9.17, 15) is 0 Å². The first-order chi connectivity index (χ1) is 12.1. The van der Waals surface area contributed by atoms with Crippen molar-refractivity contribution in [2.75, 3.05) is 0 Å². The van der Waals surface area contributed by atoms with Gasteiger partial charge in [0.15, 0.2) is 5.16 Å². The SMILES string of the molecule is Cc1cc(C)c2c(-c3ccccc3)nc(SCc3nnc(C)o3)n2n1. The van der Waals surface area contributed by atoms with Gasteiger partial charge < -0.3 is 4.42 Å². The summed E-state index contributed by atoms with van der Waals surface area (Å²) in [6.45, 7) is 5.87. The molecule has 0 amide bonds. The maximum absolute atomic E-state index is 5.46. The second-order valence-electron chi connectivity index (χ2n) is 5.84.